The Morgan fingerprint density at radius 1 is 1.33 bits per heavy atom. The van der Waals surface area contributed by atoms with Crippen molar-refractivity contribution in [3.63, 3.8) is 0 Å². The highest BCUT2D eigenvalue weighted by molar-refractivity contribution is 7.11. The van der Waals surface area contributed by atoms with Gasteiger partial charge in [0.05, 0.1) is 17.2 Å². The van der Waals surface area contributed by atoms with E-state index >= 15 is 0 Å². The molecule has 0 saturated heterocycles. The van der Waals surface area contributed by atoms with Crippen molar-refractivity contribution in [1.29, 1.82) is 0 Å². The molecular formula is C15H25N3O2S. The van der Waals surface area contributed by atoms with Gasteiger partial charge in [0.15, 0.2) is 0 Å². The Morgan fingerprint density at radius 3 is 2.76 bits per heavy atom. The molecule has 2 amide bonds. The maximum atomic E-state index is 12.1. The average Bonchev–Trinajstić information content (AvgIpc) is 2.64. The van der Waals surface area contributed by atoms with Crippen LogP contribution in [0.4, 0.5) is 4.79 Å². The van der Waals surface area contributed by atoms with Crippen LogP contribution in [-0.4, -0.2) is 28.8 Å². The topological polar surface area (TPSA) is 74.2 Å². The number of hydrogen-bond acceptors (Lipinski definition) is 4. The number of aliphatic hydroxyl groups excluding tert-OH is 1. The van der Waals surface area contributed by atoms with Gasteiger partial charge in [-0.05, 0) is 26.7 Å². The monoisotopic (exact) mass is 311 g/mol. The lowest BCUT2D eigenvalue weighted by Crippen LogP contribution is -2.45. The Morgan fingerprint density at radius 2 is 2.10 bits per heavy atom. The van der Waals surface area contributed by atoms with Gasteiger partial charge in [0.25, 0.3) is 0 Å². The zero-order chi connectivity index (χ0) is 15.2. The fraction of sp³-hybridized carbons (Fsp3) is 0.733. The zero-order valence-electron chi connectivity index (χ0n) is 12.8. The van der Waals surface area contributed by atoms with Gasteiger partial charge in [-0.2, -0.15) is 0 Å². The van der Waals surface area contributed by atoms with Crippen LogP contribution in [0.25, 0.3) is 0 Å². The van der Waals surface area contributed by atoms with Gasteiger partial charge in [0, 0.05) is 23.4 Å². The van der Waals surface area contributed by atoms with Crippen molar-refractivity contribution in [2.45, 2.75) is 58.5 Å². The second-order valence-corrected chi connectivity index (χ2v) is 7.04. The number of urea groups is 1. The highest BCUT2D eigenvalue weighted by Gasteiger charge is 2.24. The van der Waals surface area contributed by atoms with Crippen molar-refractivity contribution in [3.05, 3.63) is 15.6 Å². The van der Waals surface area contributed by atoms with E-state index < -0.39 is 0 Å². The van der Waals surface area contributed by atoms with Gasteiger partial charge < -0.3 is 15.7 Å². The van der Waals surface area contributed by atoms with Gasteiger partial charge in [0.1, 0.15) is 0 Å². The first-order chi connectivity index (χ1) is 10.1. The van der Waals surface area contributed by atoms with Crippen molar-refractivity contribution in [3.8, 4) is 0 Å². The van der Waals surface area contributed by atoms with Crippen molar-refractivity contribution >= 4 is 17.4 Å². The molecule has 3 N–H and O–H groups in total. The van der Waals surface area contributed by atoms with Crippen molar-refractivity contribution in [1.82, 2.24) is 15.6 Å². The molecule has 1 aliphatic rings. The average molecular weight is 311 g/mol. The number of carbonyl (C=O) groups is 1. The van der Waals surface area contributed by atoms with Gasteiger partial charge in [-0.25, -0.2) is 9.78 Å². The minimum absolute atomic E-state index is 0.0850. The van der Waals surface area contributed by atoms with E-state index in [-0.39, 0.29) is 24.6 Å². The molecule has 1 aliphatic carbocycles. The van der Waals surface area contributed by atoms with E-state index in [4.69, 9.17) is 0 Å². The predicted octanol–water partition coefficient (Wildman–Crippen LogP) is 2.50. The molecule has 0 aromatic carbocycles. The molecular weight excluding hydrogens is 286 g/mol. The van der Waals surface area contributed by atoms with Crippen LogP contribution in [0.3, 0.4) is 0 Å². The lowest BCUT2D eigenvalue weighted by atomic mass is 9.96. The van der Waals surface area contributed by atoms with E-state index in [0.29, 0.717) is 6.54 Å². The summed E-state index contributed by atoms with van der Waals surface area (Å²) in [5.41, 5.74) is 0.987. The fourth-order valence-corrected chi connectivity index (χ4v) is 3.79. The van der Waals surface area contributed by atoms with Crippen LogP contribution < -0.4 is 10.6 Å². The first-order valence-corrected chi connectivity index (χ1v) is 8.50. The Labute approximate surface area is 130 Å². The number of carbonyl (C=O) groups excluding carboxylic acids is 1. The SMILES string of the molecule is Cc1nc(C)c(CNC(=O)NC2CCCCCC2CO)s1. The number of nitrogens with zero attached hydrogens (tertiary/aromatic N) is 1. The zero-order valence-corrected chi connectivity index (χ0v) is 13.6. The number of aryl methyl sites for hydroxylation is 2. The van der Waals surface area contributed by atoms with Gasteiger partial charge in [-0.3, -0.25) is 0 Å². The number of aliphatic hydroxyl groups is 1. The van der Waals surface area contributed by atoms with Crippen molar-refractivity contribution < 1.29 is 9.90 Å². The number of aromatic nitrogens is 1. The summed E-state index contributed by atoms with van der Waals surface area (Å²) in [7, 11) is 0. The van der Waals surface area contributed by atoms with Crippen LogP contribution in [0.1, 0.15) is 47.7 Å². The maximum absolute atomic E-state index is 12.1. The quantitative estimate of drug-likeness (QED) is 0.748. The predicted molar refractivity (Wildman–Crippen MR) is 84.4 cm³/mol. The highest BCUT2D eigenvalue weighted by atomic mass is 32.1. The highest BCUT2D eigenvalue weighted by Crippen LogP contribution is 2.23. The third-order valence-electron chi connectivity index (χ3n) is 4.12. The second-order valence-electron chi connectivity index (χ2n) is 5.76. The first-order valence-electron chi connectivity index (χ1n) is 7.68. The van der Waals surface area contributed by atoms with Crippen LogP contribution in [0.15, 0.2) is 0 Å². The van der Waals surface area contributed by atoms with Crippen molar-refractivity contribution in [2.24, 2.45) is 5.92 Å². The summed E-state index contributed by atoms with van der Waals surface area (Å²) >= 11 is 1.62. The molecule has 1 fully saturated rings. The Balaban J connectivity index is 1.84. The van der Waals surface area contributed by atoms with Gasteiger partial charge in [-0.15, -0.1) is 11.3 Å². The molecule has 5 nitrogen and oxygen atoms in total. The molecule has 1 aromatic heterocycles. The van der Waals surface area contributed by atoms with E-state index in [1.165, 1.54) is 6.42 Å². The van der Waals surface area contributed by atoms with Crippen LogP contribution in [-0.2, 0) is 6.54 Å². The molecule has 1 aromatic rings. The van der Waals surface area contributed by atoms with Gasteiger partial charge in [-0.1, -0.05) is 19.3 Å². The minimum atomic E-state index is -0.147. The fourth-order valence-electron chi connectivity index (χ4n) is 2.91. The Kier molecular flexibility index (Phi) is 5.99. The lowest BCUT2D eigenvalue weighted by Gasteiger charge is -2.24. The maximum Gasteiger partial charge on any atom is 0.315 e. The molecule has 2 unspecified atom stereocenters. The summed E-state index contributed by atoms with van der Waals surface area (Å²) in [5, 5.41) is 16.4. The van der Waals surface area contributed by atoms with Crippen LogP contribution in [0.2, 0.25) is 0 Å². The minimum Gasteiger partial charge on any atom is -0.396 e. The molecule has 0 radical (unpaired) electrons. The summed E-state index contributed by atoms with van der Waals surface area (Å²) in [5.74, 6) is 0.186. The van der Waals surface area contributed by atoms with E-state index in [1.54, 1.807) is 11.3 Å². The van der Waals surface area contributed by atoms with Crippen LogP contribution in [0, 0.1) is 19.8 Å². The molecule has 0 bridgehead atoms. The van der Waals surface area contributed by atoms with E-state index in [0.717, 1.165) is 41.3 Å². The van der Waals surface area contributed by atoms with Gasteiger partial charge >= 0.3 is 6.03 Å². The molecule has 1 saturated carbocycles. The number of amides is 2. The number of rotatable bonds is 4. The summed E-state index contributed by atoms with van der Waals surface area (Å²) < 4.78 is 0. The Hall–Kier alpha value is -1.14. The summed E-state index contributed by atoms with van der Waals surface area (Å²) in [6, 6.07) is -0.0624. The standard InChI is InChI=1S/C15H25N3O2S/c1-10-14(21-11(2)17-10)8-16-15(20)18-13-7-5-3-4-6-12(13)9-19/h12-13,19H,3-9H2,1-2H3,(H2,16,18,20). The normalized spacial score (nSPS) is 22.6. The van der Waals surface area contributed by atoms with E-state index in [2.05, 4.69) is 15.6 Å². The lowest BCUT2D eigenvalue weighted by molar-refractivity contribution is 0.179. The van der Waals surface area contributed by atoms with E-state index in [9.17, 15) is 9.90 Å². The molecule has 6 heteroatoms. The molecule has 1 heterocycles. The molecule has 21 heavy (non-hydrogen) atoms. The molecule has 2 atom stereocenters. The Bertz CT molecular complexity index is 475. The van der Waals surface area contributed by atoms with Crippen LogP contribution >= 0.6 is 11.3 Å². The third-order valence-corrected chi connectivity index (χ3v) is 5.19. The summed E-state index contributed by atoms with van der Waals surface area (Å²) in [6.45, 7) is 4.60. The number of hydrogen-bond donors (Lipinski definition) is 3. The smallest absolute Gasteiger partial charge is 0.315 e. The van der Waals surface area contributed by atoms with Crippen LogP contribution in [0.5, 0.6) is 0 Å². The second kappa shape index (κ2) is 7.75. The number of nitrogens with one attached hydrogen (secondary N) is 2. The molecule has 2 rings (SSSR count). The number of thiazole rings is 1. The summed E-state index contributed by atoms with van der Waals surface area (Å²) in [4.78, 5) is 17.5. The third kappa shape index (κ3) is 4.68. The first kappa shape index (κ1) is 16.2. The van der Waals surface area contributed by atoms with E-state index in [1.807, 2.05) is 13.8 Å². The van der Waals surface area contributed by atoms with Crippen molar-refractivity contribution in [2.75, 3.05) is 6.61 Å². The molecule has 118 valence electrons. The van der Waals surface area contributed by atoms with Gasteiger partial charge in [0.2, 0.25) is 0 Å². The summed E-state index contributed by atoms with van der Waals surface area (Å²) in [6.07, 6.45) is 5.40. The molecule has 0 spiro atoms. The largest absolute Gasteiger partial charge is 0.396 e. The molecule has 0 aliphatic heterocycles.